The number of carboxylic acid groups (broad SMARTS) is 1. The van der Waals surface area contributed by atoms with Crippen LogP contribution in [-0.4, -0.2) is 22.9 Å². The van der Waals surface area contributed by atoms with Gasteiger partial charge in [0.05, 0.1) is 5.69 Å². The molecule has 2 rings (SSSR count). The van der Waals surface area contributed by atoms with Crippen molar-refractivity contribution in [3.05, 3.63) is 42.0 Å². The molecule has 0 aromatic heterocycles. The van der Waals surface area contributed by atoms with Gasteiger partial charge in [-0.15, -0.1) is 0 Å². The van der Waals surface area contributed by atoms with Gasteiger partial charge >= 0.3 is 5.97 Å². The van der Waals surface area contributed by atoms with Crippen LogP contribution in [0, 0.1) is 0 Å². The summed E-state index contributed by atoms with van der Waals surface area (Å²) in [5, 5.41) is 8.63. The molecule has 2 amide bonds. The van der Waals surface area contributed by atoms with Crippen molar-refractivity contribution < 1.29 is 19.5 Å². The summed E-state index contributed by atoms with van der Waals surface area (Å²) in [6.07, 6.45) is 3.51. The zero-order valence-corrected chi connectivity index (χ0v) is 10.2. The molecule has 1 aromatic rings. The summed E-state index contributed by atoms with van der Waals surface area (Å²) in [5.41, 5.74) is 1.34. The fourth-order valence-electron chi connectivity index (χ4n) is 2.01. The number of carbonyl (C=O) groups is 3. The Kier molecular flexibility index (Phi) is 3.75. The Morgan fingerprint density at radius 1 is 1.11 bits per heavy atom. The summed E-state index contributed by atoms with van der Waals surface area (Å²) in [7, 11) is 0. The molecule has 1 heterocycles. The topological polar surface area (TPSA) is 74.7 Å². The maximum Gasteiger partial charge on any atom is 0.303 e. The van der Waals surface area contributed by atoms with Crippen LogP contribution in [0.2, 0.25) is 0 Å². The van der Waals surface area contributed by atoms with E-state index >= 15 is 0 Å². The van der Waals surface area contributed by atoms with Gasteiger partial charge < -0.3 is 5.11 Å². The van der Waals surface area contributed by atoms with E-state index in [1.807, 2.05) is 0 Å². The molecule has 98 valence electrons. The lowest BCUT2D eigenvalue weighted by Gasteiger charge is -2.17. The molecule has 0 fully saturated rings. The Labute approximate surface area is 110 Å². The third-order valence-electron chi connectivity index (χ3n) is 2.88. The third-order valence-corrected chi connectivity index (χ3v) is 2.88. The largest absolute Gasteiger partial charge is 0.481 e. The number of imide groups is 1. The number of benzene rings is 1. The van der Waals surface area contributed by atoms with Crippen molar-refractivity contribution in [2.75, 3.05) is 4.90 Å². The van der Waals surface area contributed by atoms with Crippen molar-refractivity contribution in [2.45, 2.75) is 19.3 Å². The Balaban J connectivity index is 2.19. The number of para-hydroxylation sites is 1. The van der Waals surface area contributed by atoms with E-state index in [4.69, 9.17) is 5.11 Å². The predicted octanol–water partition coefficient (Wildman–Crippen LogP) is 1.52. The SMILES string of the molecule is O=C(O)CCCc1ccccc1N1C(=O)C=CC1=O. The molecule has 1 aliphatic heterocycles. The molecule has 0 radical (unpaired) electrons. The van der Waals surface area contributed by atoms with Gasteiger partial charge in [-0.1, -0.05) is 18.2 Å². The molecule has 5 nitrogen and oxygen atoms in total. The number of aryl methyl sites for hydroxylation is 1. The van der Waals surface area contributed by atoms with Crippen molar-refractivity contribution in [3.8, 4) is 0 Å². The lowest BCUT2D eigenvalue weighted by molar-refractivity contribution is -0.137. The van der Waals surface area contributed by atoms with Gasteiger partial charge in [-0.05, 0) is 24.5 Å². The van der Waals surface area contributed by atoms with E-state index in [-0.39, 0.29) is 18.2 Å². The molecular formula is C14H13NO4. The molecule has 0 bridgehead atoms. The summed E-state index contributed by atoms with van der Waals surface area (Å²) < 4.78 is 0. The quantitative estimate of drug-likeness (QED) is 0.813. The zero-order valence-electron chi connectivity index (χ0n) is 10.2. The molecule has 0 atom stereocenters. The minimum absolute atomic E-state index is 0.0640. The maximum atomic E-state index is 11.6. The lowest BCUT2D eigenvalue weighted by Crippen LogP contribution is -2.30. The van der Waals surface area contributed by atoms with Gasteiger partial charge in [0, 0.05) is 18.6 Å². The summed E-state index contributed by atoms with van der Waals surface area (Å²) in [6, 6.07) is 7.04. The van der Waals surface area contributed by atoms with E-state index in [0.717, 1.165) is 10.5 Å². The highest BCUT2D eigenvalue weighted by molar-refractivity contribution is 6.28. The minimum atomic E-state index is -0.854. The number of aliphatic carboxylic acids is 1. The lowest BCUT2D eigenvalue weighted by atomic mass is 10.1. The molecule has 0 spiro atoms. The minimum Gasteiger partial charge on any atom is -0.481 e. The second-order valence-electron chi connectivity index (χ2n) is 4.22. The van der Waals surface area contributed by atoms with Crippen molar-refractivity contribution in [1.82, 2.24) is 0 Å². The Bertz CT molecular complexity index is 544. The molecule has 1 N–H and O–H groups in total. The van der Waals surface area contributed by atoms with E-state index in [1.54, 1.807) is 24.3 Å². The van der Waals surface area contributed by atoms with E-state index < -0.39 is 5.97 Å². The van der Waals surface area contributed by atoms with Crippen LogP contribution in [0.4, 0.5) is 5.69 Å². The normalized spacial score (nSPS) is 14.2. The number of carboxylic acids is 1. The van der Waals surface area contributed by atoms with Crippen LogP contribution in [0.15, 0.2) is 36.4 Å². The first-order valence-corrected chi connectivity index (χ1v) is 5.95. The molecule has 0 saturated carbocycles. The summed E-state index contributed by atoms with van der Waals surface area (Å²) >= 11 is 0. The van der Waals surface area contributed by atoms with Gasteiger partial charge in [-0.2, -0.15) is 0 Å². The number of nitrogens with zero attached hydrogens (tertiary/aromatic N) is 1. The molecule has 0 saturated heterocycles. The number of anilines is 1. The average molecular weight is 259 g/mol. The first-order valence-electron chi connectivity index (χ1n) is 5.95. The van der Waals surface area contributed by atoms with Gasteiger partial charge in [0.25, 0.3) is 11.8 Å². The van der Waals surface area contributed by atoms with E-state index in [0.29, 0.717) is 18.5 Å². The summed E-state index contributed by atoms with van der Waals surface area (Å²) in [5.74, 6) is -1.58. The van der Waals surface area contributed by atoms with Crippen LogP contribution in [0.3, 0.4) is 0 Å². The number of rotatable bonds is 5. The Hall–Kier alpha value is -2.43. The molecule has 19 heavy (non-hydrogen) atoms. The highest BCUT2D eigenvalue weighted by Gasteiger charge is 2.26. The number of hydrogen-bond acceptors (Lipinski definition) is 3. The second-order valence-corrected chi connectivity index (χ2v) is 4.22. The van der Waals surface area contributed by atoms with Crippen LogP contribution in [-0.2, 0) is 20.8 Å². The smallest absolute Gasteiger partial charge is 0.303 e. The Morgan fingerprint density at radius 2 is 1.74 bits per heavy atom. The fourth-order valence-corrected chi connectivity index (χ4v) is 2.01. The van der Waals surface area contributed by atoms with E-state index in [9.17, 15) is 14.4 Å². The van der Waals surface area contributed by atoms with Gasteiger partial charge in [-0.25, -0.2) is 4.90 Å². The van der Waals surface area contributed by atoms with Gasteiger partial charge in [0.1, 0.15) is 0 Å². The van der Waals surface area contributed by atoms with Crippen molar-refractivity contribution >= 4 is 23.5 Å². The number of amides is 2. The van der Waals surface area contributed by atoms with Gasteiger partial charge in [0.15, 0.2) is 0 Å². The van der Waals surface area contributed by atoms with Crippen LogP contribution >= 0.6 is 0 Å². The zero-order chi connectivity index (χ0) is 13.8. The molecule has 1 aliphatic rings. The summed E-state index contributed by atoms with van der Waals surface area (Å²) in [4.78, 5) is 34.9. The molecule has 0 unspecified atom stereocenters. The summed E-state index contributed by atoms with van der Waals surface area (Å²) in [6.45, 7) is 0. The molecule has 5 heteroatoms. The van der Waals surface area contributed by atoms with Crippen LogP contribution in [0.25, 0.3) is 0 Å². The van der Waals surface area contributed by atoms with E-state index in [1.165, 1.54) is 12.2 Å². The van der Waals surface area contributed by atoms with Crippen molar-refractivity contribution in [2.24, 2.45) is 0 Å². The molecule has 0 aliphatic carbocycles. The van der Waals surface area contributed by atoms with Gasteiger partial charge in [-0.3, -0.25) is 14.4 Å². The van der Waals surface area contributed by atoms with Crippen molar-refractivity contribution in [3.63, 3.8) is 0 Å². The number of hydrogen-bond donors (Lipinski definition) is 1. The van der Waals surface area contributed by atoms with Crippen molar-refractivity contribution in [1.29, 1.82) is 0 Å². The second kappa shape index (κ2) is 5.48. The molecular weight excluding hydrogens is 246 g/mol. The highest BCUT2D eigenvalue weighted by atomic mass is 16.4. The van der Waals surface area contributed by atoms with Crippen LogP contribution in [0.1, 0.15) is 18.4 Å². The Morgan fingerprint density at radius 3 is 2.37 bits per heavy atom. The maximum absolute atomic E-state index is 11.6. The van der Waals surface area contributed by atoms with Crippen LogP contribution in [0.5, 0.6) is 0 Å². The monoisotopic (exact) mass is 259 g/mol. The molecule has 1 aromatic carbocycles. The average Bonchev–Trinajstić information content (AvgIpc) is 2.69. The number of carbonyl (C=O) groups excluding carboxylic acids is 2. The third kappa shape index (κ3) is 2.88. The highest BCUT2D eigenvalue weighted by Crippen LogP contribution is 2.25. The van der Waals surface area contributed by atoms with Crippen LogP contribution < -0.4 is 4.90 Å². The first-order chi connectivity index (χ1) is 9.09. The fraction of sp³-hybridized carbons (Fsp3) is 0.214. The predicted molar refractivity (Wildman–Crippen MR) is 68.6 cm³/mol. The first kappa shape index (κ1) is 13.0. The van der Waals surface area contributed by atoms with E-state index in [2.05, 4.69) is 0 Å². The standard InChI is InChI=1S/C14H13NO4/c16-12-8-9-13(17)15(12)11-6-2-1-4-10(11)5-3-7-14(18)19/h1-2,4,6,8-9H,3,5,7H2,(H,18,19). The van der Waals surface area contributed by atoms with Gasteiger partial charge in [0.2, 0.25) is 0 Å².